The number of furan rings is 1. The maximum absolute atomic E-state index is 12.1. The number of anilines is 1. The largest absolute Gasteiger partial charge is 0.461 e. The molecule has 0 saturated carbocycles. The van der Waals surface area contributed by atoms with Gasteiger partial charge in [-0.3, -0.25) is 4.79 Å². The molecule has 0 spiro atoms. The van der Waals surface area contributed by atoms with E-state index < -0.39 is 0 Å². The van der Waals surface area contributed by atoms with E-state index in [9.17, 15) is 4.79 Å². The average molecular weight is 384 g/mol. The van der Waals surface area contributed by atoms with Gasteiger partial charge in [0.1, 0.15) is 6.61 Å². The molecule has 0 aliphatic heterocycles. The molecular weight excluding hydrogens is 360 g/mol. The monoisotopic (exact) mass is 384 g/mol. The molecule has 148 valence electrons. The summed E-state index contributed by atoms with van der Waals surface area (Å²) in [4.78, 5) is 16.5. The highest BCUT2D eigenvalue weighted by Crippen LogP contribution is 2.25. The van der Waals surface area contributed by atoms with Crippen LogP contribution in [0.15, 0.2) is 47.1 Å². The summed E-state index contributed by atoms with van der Waals surface area (Å²) in [5, 5.41) is 7.35. The molecule has 3 rings (SSSR count). The molecule has 0 radical (unpaired) electrons. The van der Waals surface area contributed by atoms with Crippen molar-refractivity contribution in [3.8, 4) is 23.3 Å². The second kappa shape index (κ2) is 9.18. The van der Waals surface area contributed by atoms with E-state index in [0.29, 0.717) is 36.9 Å². The van der Waals surface area contributed by atoms with Gasteiger partial charge >= 0.3 is 6.01 Å². The first-order valence-electron chi connectivity index (χ1n) is 9.09. The second-order valence-corrected chi connectivity index (χ2v) is 6.64. The highest BCUT2D eigenvalue weighted by atomic mass is 16.5. The Morgan fingerprint density at radius 2 is 2.11 bits per heavy atom. The van der Waals surface area contributed by atoms with E-state index in [2.05, 4.69) is 15.4 Å². The van der Waals surface area contributed by atoms with Gasteiger partial charge in [-0.05, 0) is 36.2 Å². The number of carbonyl (C=O) groups excluding carboxylic acids is 1. The van der Waals surface area contributed by atoms with Crippen LogP contribution >= 0.6 is 0 Å². The van der Waals surface area contributed by atoms with E-state index in [-0.39, 0.29) is 17.8 Å². The van der Waals surface area contributed by atoms with E-state index in [1.807, 2.05) is 38.1 Å². The van der Waals surface area contributed by atoms with Crippen LogP contribution in [-0.4, -0.2) is 41.0 Å². The normalized spacial score (nSPS) is 11.0. The Bertz CT molecular complexity index is 903. The predicted octanol–water partition coefficient (Wildman–Crippen LogP) is 3.54. The first kappa shape index (κ1) is 19.6. The Hall–Kier alpha value is -3.13. The van der Waals surface area contributed by atoms with Crippen molar-refractivity contribution in [1.29, 1.82) is 0 Å². The van der Waals surface area contributed by atoms with Crippen LogP contribution in [-0.2, 0) is 9.53 Å². The van der Waals surface area contributed by atoms with Crippen LogP contribution in [0.3, 0.4) is 0 Å². The zero-order chi connectivity index (χ0) is 19.9. The number of nitrogens with zero attached hydrogens (tertiary/aromatic N) is 3. The van der Waals surface area contributed by atoms with Crippen LogP contribution in [0, 0.1) is 5.92 Å². The second-order valence-electron chi connectivity index (χ2n) is 6.64. The van der Waals surface area contributed by atoms with Crippen LogP contribution in [0.2, 0.25) is 0 Å². The Morgan fingerprint density at radius 1 is 1.25 bits per heavy atom. The van der Waals surface area contributed by atoms with Crippen LogP contribution in [0.25, 0.3) is 17.3 Å². The summed E-state index contributed by atoms with van der Waals surface area (Å²) in [6.07, 6.45) is 2.03. The van der Waals surface area contributed by atoms with E-state index in [1.165, 1.54) is 0 Å². The third-order valence-corrected chi connectivity index (χ3v) is 3.82. The quantitative estimate of drug-likeness (QED) is 0.568. The van der Waals surface area contributed by atoms with Crippen molar-refractivity contribution in [3.63, 3.8) is 0 Å². The van der Waals surface area contributed by atoms with Crippen molar-refractivity contribution in [2.24, 2.45) is 5.92 Å². The minimum atomic E-state index is -0.0272. The van der Waals surface area contributed by atoms with Crippen LogP contribution in [0.4, 0.5) is 5.69 Å². The lowest BCUT2D eigenvalue weighted by Crippen LogP contribution is -2.14. The molecule has 0 bridgehead atoms. The maximum Gasteiger partial charge on any atom is 0.336 e. The fourth-order valence-corrected chi connectivity index (χ4v) is 2.61. The van der Waals surface area contributed by atoms with Crippen molar-refractivity contribution < 1.29 is 18.7 Å². The summed E-state index contributed by atoms with van der Waals surface area (Å²) in [6.45, 7) is 4.78. The molecule has 2 aromatic heterocycles. The molecule has 0 fully saturated rings. The fraction of sp³-hybridized carbons (Fsp3) is 0.350. The third-order valence-electron chi connectivity index (χ3n) is 3.82. The number of hydrogen-bond donors (Lipinski definition) is 1. The Morgan fingerprint density at radius 3 is 2.82 bits per heavy atom. The summed E-state index contributed by atoms with van der Waals surface area (Å²) < 4.78 is 17.6. The number of rotatable bonds is 9. The van der Waals surface area contributed by atoms with Crippen molar-refractivity contribution in [3.05, 3.63) is 42.7 Å². The van der Waals surface area contributed by atoms with E-state index >= 15 is 0 Å². The standard InChI is InChI=1S/C20H24N4O4/c1-14(2)12-18(25)21-15-6-4-7-16(13-15)24-19(17-8-5-9-27-17)22-20(23-24)28-11-10-26-3/h4-9,13-14H,10-12H2,1-3H3,(H,21,25). The molecule has 8 nitrogen and oxygen atoms in total. The fourth-order valence-electron chi connectivity index (χ4n) is 2.61. The molecule has 0 atom stereocenters. The average Bonchev–Trinajstić information content (AvgIpc) is 3.31. The number of benzene rings is 1. The molecule has 28 heavy (non-hydrogen) atoms. The van der Waals surface area contributed by atoms with Gasteiger partial charge in [0.2, 0.25) is 11.7 Å². The number of ether oxygens (including phenoxy) is 2. The van der Waals surface area contributed by atoms with Gasteiger partial charge in [-0.25, -0.2) is 4.68 Å². The zero-order valence-electron chi connectivity index (χ0n) is 16.2. The Kier molecular flexibility index (Phi) is 6.44. The SMILES string of the molecule is COCCOc1nc(-c2ccco2)n(-c2cccc(NC(=O)CC(C)C)c2)n1. The number of nitrogens with one attached hydrogen (secondary N) is 1. The van der Waals surface area contributed by atoms with Gasteiger partial charge in [0.25, 0.3) is 0 Å². The first-order valence-corrected chi connectivity index (χ1v) is 9.09. The highest BCUT2D eigenvalue weighted by Gasteiger charge is 2.17. The van der Waals surface area contributed by atoms with Gasteiger partial charge < -0.3 is 19.2 Å². The minimum absolute atomic E-state index is 0.0272. The lowest BCUT2D eigenvalue weighted by molar-refractivity contribution is -0.116. The van der Waals surface area contributed by atoms with Crippen molar-refractivity contribution >= 4 is 11.6 Å². The van der Waals surface area contributed by atoms with Crippen molar-refractivity contribution in [1.82, 2.24) is 14.8 Å². The molecule has 0 aliphatic rings. The van der Waals surface area contributed by atoms with Gasteiger partial charge in [-0.2, -0.15) is 4.98 Å². The van der Waals surface area contributed by atoms with Gasteiger partial charge in [-0.1, -0.05) is 19.9 Å². The number of amides is 1. The summed E-state index contributed by atoms with van der Waals surface area (Å²) in [6, 6.07) is 11.2. The lowest BCUT2D eigenvalue weighted by atomic mass is 10.1. The van der Waals surface area contributed by atoms with Crippen molar-refractivity contribution in [2.45, 2.75) is 20.3 Å². The van der Waals surface area contributed by atoms with Crippen LogP contribution in [0.1, 0.15) is 20.3 Å². The molecule has 0 aliphatic carbocycles. The first-order chi connectivity index (χ1) is 13.6. The molecule has 8 heteroatoms. The van der Waals surface area contributed by atoms with Crippen LogP contribution < -0.4 is 10.1 Å². The van der Waals surface area contributed by atoms with E-state index in [0.717, 1.165) is 5.69 Å². The number of hydrogen-bond acceptors (Lipinski definition) is 6. The minimum Gasteiger partial charge on any atom is -0.461 e. The third kappa shape index (κ3) is 4.98. The molecule has 0 unspecified atom stereocenters. The number of carbonyl (C=O) groups is 1. The molecule has 1 amide bonds. The smallest absolute Gasteiger partial charge is 0.336 e. The van der Waals surface area contributed by atoms with Gasteiger partial charge in [0.05, 0.1) is 18.6 Å². The van der Waals surface area contributed by atoms with Gasteiger partial charge in [-0.15, -0.1) is 5.10 Å². The van der Waals surface area contributed by atoms with Crippen molar-refractivity contribution in [2.75, 3.05) is 25.6 Å². The van der Waals surface area contributed by atoms with Gasteiger partial charge in [0.15, 0.2) is 5.76 Å². The Balaban J connectivity index is 1.89. The number of aromatic nitrogens is 3. The van der Waals surface area contributed by atoms with Crippen LogP contribution in [0.5, 0.6) is 6.01 Å². The lowest BCUT2D eigenvalue weighted by Gasteiger charge is -2.09. The Labute approximate surface area is 163 Å². The number of methoxy groups -OCH3 is 1. The van der Waals surface area contributed by atoms with E-state index in [1.54, 1.807) is 30.2 Å². The maximum atomic E-state index is 12.1. The molecule has 1 aromatic carbocycles. The van der Waals surface area contributed by atoms with Gasteiger partial charge in [0, 0.05) is 19.2 Å². The summed E-state index contributed by atoms with van der Waals surface area (Å²) in [5.74, 6) is 1.32. The predicted molar refractivity (Wildman–Crippen MR) is 105 cm³/mol. The molecule has 0 saturated heterocycles. The molecular formula is C20H24N4O4. The van der Waals surface area contributed by atoms with E-state index in [4.69, 9.17) is 13.9 Å². The summed E-state index contributed by atoms with van der Waals surface area (Å²) in [7, 11) is 1.60. The molecule has 3 aromatic rings. The highest BCUT2D eigenvalue weighted by molar-refractivity contribution is 5.91. The summed E-state index contributed by atoms with van der Waals surface area (Å²) >= 11 is 0. The summed E-state index contributed by atoms with van der Waals surface area (Å²) in [5.41, 5.74) is 1.41. The topological polar surface area (TPSA) is 91.4 Å². The molecule has 2 heterocycles. The zero-order valence-corrected chi connectivity index (χ0v) is 16.2. The molecule has 1 N–H and O–H groups in total.